The quantitative estimate of drug-likeness (QED) is 0.230. The van der Waals surface area contributed by atoms with E-state index < -0.39 is 12.3 Å². The number of carbonyl (C=O) groups is 1. The van der Waals surface area contributed by atoms with Crippen molar-refractivity contribution in [1.82, 2.24) is 4.90 Å². The summed E-state index contributed by atoms with van der Waals surface area (Å²) in [6.45, 7) is 8.42. The molecule has 0 radical (unpaired) electrons. The first-order valence-electron chi connectivity index (χ1n) is 13.0. The minimum Gasteiger partial charge on any atom is -0.494 e. The van der Waals surface area contributed by atoms with Gasteiger partial charge in [0.25, 0.3) is 0 Å². The van der Waals surface area contributed by atoms with Crippen molar-refractivity contribution in [3.05, 3.63) is 77.9 Å². The van der Waals surface area contributed by atoms with Gasteiger partial charge in [-0.25, -0.2) is 0 Å². The van der Waals surface area contributed by atoms with E-state index in [2.05, 4.69) is 31.2 Å². The number of hydrogen-bond acceptors (Lipinski definition) is 5. The molecule has 0 aromatic heterocycles. The Hall–Kier alpha value is -2.93. The van der Waals surface area contributed by atoms with Gasteiger partial charge in [-0.15, -0.1) is 0 Å². The van der Waals surface area contributed by atoms with Crippen molar-refractivity contribution < 1.29 is 19.0 Å². The summed E-state index contributed by atoms with van der Waals surface area (Å²) in [6, 6.07) is 21.5. The fourth-order valence-electron chi connectivity index (χ4n) is 4.21. The second-order valence-electron chi connectivity index (χ2n) is 8.85. The largest absolute Gasteiger partial charge is 0.494 e. The molecule has 6 heteroatoms. The number of amides is 1. The molecule has 0 aliphatic rings. The van der Waals surface area contributed by atoms with Crippen LogP contribution in [0.2, 0.25) is 0 Å². The van der Waals surface area contributed by atoms with E-state index in [1.807, 2.05) is 56.3 Å². The van der Waals surface area contributed by atoms with E-state index in [9.17, 15) is 4.79 Å². The van der Waals surface area contributed by atoms with Gasteiger partial charge in [-0.3, -0.25) is 4.79 Å². The van der Waals surface area contributed by atoms with Crippen LogP contribution in [-0.2, 0) is 27.2 Å². The zero-order valence-electron chi connectivity index (χ0n) is 21.8. The van der Waals surface area contributed by atoms with Crippen molar-refractivity contribution in [2.24, 2.45) is 5.73 Å². The van der Waals surface area contributed by atoms with Crippen molar-refractivity contribution in [1.29, 1.82) is 0 Å². The van der Waals surface area contributed by atoms with Gasteiger partial charge >= 0.3 is 0 Å². The lowest BCUT2D eigenvalue weighted by molar-refractivity contribution is -0.160. The maximum absolute atomic E-state index is 13.6. The van der Waals surface area contributed by atoms with Crippen LogP contribution in [0, 0.1) is 0 Å². The van der Waals surface area contributed by atoms with Gasteiger partial charge in [0, 0.05) is 19.8 Å². The molecule has 0 heterocycles. The van der Waals surface area contributed by atoms with Gasteiger partial charge in [-0.05, 0) is 60.7 Å². The molecular weight excluding hydrogens is 452 g/mol. The fourth-order valence-corrected chi connectivity index (χ4v) is 4.21. The third kappa shape index (κ3) is 8.05. The highest BCUT2D eigenvalue weighted by Crippen LogP contribution is 2.21. The maximum atomic E-state index is 13.6. The first-order valence-corrected chi connectivity index (χ1v) is 13.0. The number of unbranched alkanes of at least 4 members (excludes halogenated alkanes) is 1. The Morgan fingerprint density at radius 3 is 2.31 bits per heavy atom. The van der Waals surface area contributed by atoms with E-state index in [1.54, 1.807) is 4.90 Å². The van der Waals surface area contributed by atoms with Crippen molar-refractivity contribution >= 4 is 16.7 Å². The smallest absolute Gasteiger partial charge is 0.240 e. The van der Waals surface area contributed by atoms with Crippen LogP contribution in [0.15, 0.2) is 66.7 Å². The first-order chi connectivity index (χ1) is 17.5. The standard InChI is InChI=1S/C30H40N2O4/c1-4-7-19-36-26-17-15-23(16-18-26)20-28(31)30(33)32(22-29(34-5-2)35-6-3)21-25-13-10-12-24-11-8-9-14-27(24)25/h8-18,28-29H,4-7,19-22,31H2,1-3H3/t28-/m0/s1. The third-order valence-electron chi connectivity index (χ3n) is 6.09. The zero-order chi connectivity index (χ0) is 25.8. The number of nitrogens with two attached hydrogens (primary N) is 1. The Kier molecular flexibility index (Phi) is 11.2. The van der Waals surface area contributed by atoms with Gasteiger partial charge < -0.3 is 24.8 Å². The molecule has 3 aromatic carbocycles. The number of fused-ring (bicyclic) bond motifs is 1. The first kappa shape index (κ1) is 27.7. The van der Waals surface area contributed by atoms with Crippen molar-refractivity contribution in [2.45, 2.75) is 58.9 Å². The topological polar surface area (TPSA) is 74.0 Å². The molecule has 3 rings (SSSR count). The Balaban J connectivity index is 1.76. The molecule has 194 valence electrons. The lowest BCUT2D eigenvalue weighted by Crippen LogP contribution is -2.48. The summed E-state index contributed by atoms with van der Waals surface area (Å²) in [5, 5.41) is 2.26. The Labute approximate surface area is 215 Å². The predicted molar refractivity (Wildman–Crippen MR) is 145 cm³/mol. The van der Waals surface area contributed by atoms with Gasteiger partial charge in [0.2, 0.25) is 5.91 Å². The highest BCUT2D eigenvalue weighted by atomic mass is 16.7. The summed E-state index contributed by atoms with van der Waals surface area (Å²) < 4.78 is 17.3. The number of ether oxygens (including phenoxy) is 3. The van der Waals surface area contributed by atoms with Gasteiger partial charge in [0.05, 0.1) is 19.2 Å². The van der Waals surface area contributed by atoms with Gasteiger partial charge in [0.1, 0.15) is 5.75 Å². The molecule has 0 unspecified atom stereocenters. The van der Waals surface area contributed by atoms with Crippen LogP contribution in [0.5, 0.6) is 5.75 Å². The maximum Gasteiger partial charge on any atom is 0.240 e. The van der Waals surface area contributed by atoms with Crippen LogP contribution >= 0.6 is 0 Å². The molecule has 36 heavy (non-hydrogen) atoms. The van der Waals surface area contributed by atoms with Gasteiger partial charge in [-0.1, -0.05) is 67.9 Å². The van der Waals surface area contributed by atoms with Crippen molar-refractivity contribution in [3.63, 3.8) is 0 Å². The van der Waals surface area contributed by atoms with Crippen LogP contribution in [0.25, 0.3) is 10.8 Å². The zero-order valence-corrected chi connectivity index (χ0v) is 21.8. The van der Waals surface area contributed by atoms with E-state index >= 15 is 0 Å². The molecule has 0 aliphatic carbocycles. The average molecular weight is 493 g/mol. The number of hydrogen-bond donors (Lipinski definition) is 1. The van der Waals surface area contributed by atoms with E-state index in [-0.39, 0.29) is 5.91 Å². The summed E-state index contributed by atoms with van der Waals surface area (Å²) in [7, 11) is 0. The van der Waals surface area contributed by atoms with E-state index in [4.69, 9.17) is 19.9 Å². The summed E-state index contributed by atoms with van der Waals surface area (Å²) >= 11 is 0. The number of carbonyl (C=O) groups excluding carboxylic acids is 1. The second-order valence-corrected chi connectivity index (χ2v) is 8.85. The third-order valence-corrected chi connectivity index (χ3v) is 6.09. The molecule has 2 N–H and O–H groups in total. The van der Waals surface area contributed by atoms with Crippen LogP contribution in [0.4, 0.5) is 0 Å². The number of nitrogens with zero attached hydrogens (tertiary/aromatic N) is 1. The van der Waals surface area contributed by atoms with Gasteiger partial charge in [0.15, 0.2) is 6.29 Å². The Morgan fingerprint density at radius 2 is 1.61 bits per heavy atom. The van der Waals surface area contributed by atoms with E-state index in [0.717, 1.165) is 40.5 Å². The average Bonchev–Trinajstić information content (AvgIpc) is 2.89. The summed E-state index contributed by atoms with van der Waals surface area (Å²) in [5.74, 6) is 0.705. The summed E-state index contributed by atoms with van der Waals surface area (Å²) in [5.41, 5.74) is 8.53. The molecule has 6 nitrogen and oxygen atoms in total. The lowest BCUT2D eigenvalue weighted by atomic mass is 10.0. The van der Waals surface area contributed by atoms with Crippen LogP contribution in [0.3, 0.4) is 0 Å². The highest BCUT2D eigenvalue weighted by molar-refractivity contribution is 5.87. The minimum absolute atomic E-state index is 0.129. The minimum atomic E-state index is -0.685. The molecule has 0 saturated heterocycles. The Morgan fingerprint density at radius 1 is 0.917 bits per heavy atom. The molecule has 0 aliphatic heterocycles. The SMILES string of the molecule is CCCCOc1ccc(C[C@H](N)C(=O)N(Cc2cccc3ccccc23)CC(OCC)OCC)cc1. The monoisotopic (exact) mass is 492 g/mol. The molecule has 0 fully saturated rings. The molecule has 0 spiro atoms. The highest BCUT2D eigenvalue weighted by Gasteiger charge is 2.25. The van der Waals surface area contributed by atoms with Crippen LogP contribution in [0.1, 0.15) is 44.7 Å². The number of benzene rings is 3. The normalized spacial score (nSPS) is 12.1. The van der Waals surface area contributed by atoms with Crippen LogP contribution in [-0.4, -0.2) is 49.5 Å². The molecule has 1 amide bonds. The van der Waals surface area contributed by atoms with Crippen molar-refractivity contribution in [2.75, 3.05) is 26.4 Å². The predicted octanol–water partition coefficient (Wildman–Crippen LogP) is 5.32. The summed E-state index contributed by atoms with van der Waals surface area (Å²) in [6.07, 6.45) is 2.05. The van der Waals surface area contributed by atoms with Crippen molar-refractivity contribution in [3.8, 4) is 5.75 Å². The molecule has 1 atom stereocenters. The lowest BCUT2D eigenvalue weighted by Gasteiger charge is -2.30. The number of rotatable bonds is 15. The summed E-state index contributed by atoms with van der Waals surface area (Å²) in [4.78, 5) is 15.4. The Bertz CT molecular complexity index is 1060. The van der Waals surface area contributed by atoms with Crippen LogP contribution < -0.4 is 10.5 Å². The van der Waals surface area contributed by atoms with E-state index in [0.29, 0.717) is 39.3 Å². The molecule has 0 bridgehead atoms. The second kappa shape index (κ2) is 14.6. The molecule has 3 aromatic rings. The van der Waals surface area contributed by atoms with E-state index in [1.165, 1.54) is 0 Å². The van der Waals surface area contributed by atoms with Gasteiger partial charge in [-0.2, -0.15) is 0 Å². The fraction of sp³-hybridized carbons (Fsp3) is 0.433. The molecule has 0 saturated carbocycles. The molecular formula is C30H40N2O4.